The number of ether oxygens (including phenoxy) is 2. The first kappa shape index (κ1) is 14.8. The summed E-state index contributed by atoms with van der Waals surface area (Å²) in [5.74, 6) is 1.47. The van der Waals surface area contributed by atoms with Crippen LogP contribution in [0.3, 0.4) is 0 Å². The highest BCUT2D eigenvalue weighted by atomic mass is 16.5. The maximum absolute atomic E-state index is 9.80. The van der Waals surface area contributed by atoms with E-state index in [-0.39, 0.29) is 0 Å². The quantitative estimate of drug-likeness (QED) is 0.694. The van der Waals surface area contributed by atoms with Crippen LogP contribution >= 0.6 is 0 Å². The van der Waals surface area contributed by atoms with Gasteiger partial charge in [-0.3, -0.25) is 0 Å². The molecule has 4 nitrogen and oxygen atoms in total. The minimum Gasteiger partial charge on any atom is -0.493 e. The highest BCUT2D eigenvalue weighted by Gasteiger charge is 2.15. The molecule has 0 amide bonds. The first-order valence-electron chi connectivity index (χ1n) is 6.28. The van der Waals surface area contributed by atoms with Crippen molar-refractivity contribution in [3.63, 3.8) is 0 Å². The average molecular weight is 253 g/mol. The van der Waals surface area contributed by atoms with Crippen LogP contribution in [0.25, 0.3) is 0 Å². The molecule has 1 aromatic carbocycles. The van der Waals surface area contributed by atoms with Gasteiger partial charge in [0.2, 0.25) is 0 Å². The third-order valence-corrected chi connectivity index (χ3v) is 2.87. The smallest absolute Gasteiger partial charge is 0.161 e. The zero-order valence-electron chi connectivity index (χ0n) is 11.4. The second-order valence-corrected chi connectivity index (χ2v) is 4.53. The standard InChI is InChI=1S/C14H23NO3/c1-4-14(2,16)11-15-9-10-18-13-8-6-5-7-12(13)17-3/h5-8,15-16H,4,9-11H2,1-3H3/t14-/m1/s1. The lowest BCUT2D eigenvalue weighted by Gasteiger charge is -2.21. The lowest BCUT2D eigenvalue weighted by atomic mass is 10.0. The Kier molecular flexibility index (Phi) is 5.95. The molecule has 0 unspecified atom stereocenters. The largest absolute Gasteiger partial charge is 0.493 e. The van der Waals surface area contributed by atoms with E-state index >= 15 is 0 Å². The maximum Gasteiger partial charge on any atom is 0.161 e. The molecule has 0 radical (unpaired) electrons. The number of hydrogen-bond acceptors (Lipinski definition) is 4. The minimum atomic E-state index is -0.648. The van der Waals surface area contributed by atoms with Crippen LogP contribution < -0.4 is 14.8 Å². The Balaban J connectivity index is 2.26. The summed E-state index contributed by atoms with van der Waals surface area (Å²) in [6.07, 6.45) is 0.730. The third kappa shape index (κ3) is 4.94. The van der Waals surface area contributed by atoms with Crippen LogP contribution in [0.4, 0.5) is 0 Å². The Morgan fingerprint density at radius 2 is 1.94 bits per heavy atom. The lowest BCUT2D eigenvalue weighted by Crippen LogP contribution is -2.38. The maximum atomic E-state index is 9.80. The van der Waals surface area contributed by atoms with E-state index in [4.69, 9.17) is 9.47 Å². The van der Waals surface area contributed by atoms with Crippen molar-refractivity contribution in [1.82, 2.24) is 5.32 Å². The molecule has 0 fully saturated rings. The van der Waals surface area contributed by atoms with E-state index in [0.29, 0.717) is 19.7 Å². The summed E-state index contributed by atoms with van der Waals surface area (Å²) in [6, 6.07) is 7.56. The third-order valence-electron chi connectivity index (χ3n) is 2.87. The highest BCUT2D eigenvalue weighted by molar-refractivity contribution is 5.39. The van der Waals surface area contributed by atoms with Crippen molar-refractivity contribution in [3.05, 3.63) is 24.3 Å². The molecule has 0 saturated heterocycles. The Morgan fingerprint density at radius 1 is 1.28 bits per heavy atom. The number of para-hydroxylation sites is 2. The second-order valence-electron chi connectivity index (χ2n) is 4.53. The molecule has 1 aromatic rings. The van der Waals surface area contributed by atoms with E-state index in [2.05, 4.69) is 5.32 Å². The van der Waals surface area contributed by atoms with Gasteiger partial charge in [-0.25, -0.2) is 0 Å². The molecule has 0 aliphatic carbocycles. The molecule has 4 heteroatoms. The highest BCUT2D eigenvalue weighted by Crippen LogP contribution is 2.25. The SMILES string of the molecule is CC[C@@](C)(O)CNCCOc1ccccc1OC. The molecular weight excluding hydrogens is 230 g/mol. The normalized spacial score (nSPS) is 14.0. The zero-order chi connectivity index (χ0) is 13.4. The van der Waals surface area contributed by atoms with Crippen LogP contribution in [0.5, 0.6) is 11.5 Å². The van der Waals surface area contributed by atoms with Crippen LogP contribution in [0, 0.1) is 0 Å². The van der Waals surface area contributed by atoms with Gasteiger partial charge in [0.1, 0.15) is 6.61 Å². The van der Waals surface area contributed by atoms with Crippen LogP contribution in [-0.4, -0.2) is 37.5 Å². The number of nitrogens with one attached hydrogen (secondary N) is 1. The van der Waals surface area contributed by atoms with Crippen LogP contribution in [0.2, 0.25) is 0 Å². The van der Waals surface area contributed by atoms with E-state index in [1.54, 1.807) is 7.11 Å². The number of rotatable bonds is 8. The number of benzene rings is 1. The summed E-state index contributed by atoms with van der Waals surface area (Å²) < 4.78 is 10.8. The first-order valence-corrected chi connectivity index (χ1v) is 6.28. The Labute approximate surface area is 109 Å². The number of aliphatic hydroxyl groups is 1. The number of hydrogen-bond donors (Lipinski definition) is 2. The summed E-state index contributed by atoms with van der Waals surface area (Å²) >= 11 is 0. The van der Waals surface area contributed by atoms with Crippen molar-refractivity contribution in [1.29, 1.82) is 0 Å². The summed E-state index contributed by atoms with van der Waals surface area (Å²) in [5, 5.41) is 13.0. The molecule has 0 saturated carbocycles. The fourth-order valence-corrected chi connectivity index (χ4v) is 1.45. The molecule has 0 aromatic heterocycles. The molecule has 0 aliphatic heterocycles. The van der Waals surface area contributed by atoms with Crippen LogP contribution in [0.15, 0.2) is 24.3 Å². The van der Waals surface area contributed by atoms with Gasteiger partial charge in [0.15, 0.2) is 11.5 Å². The number of methoxy groups -OCH3 is 1. The minimum absolute atomic E-state index is 0.542. The van der Waals surface area contributed by atoms with Gasteiger partial charge in [-0.1, -0.05) is 19.1 Å². The Hall–Kier alpha value is -1.26. The van der Waals surface area contributed by atoms with Gasteiger partial charge < -0.3 is 19.9 Å². The van der Waals surface area contributed by atoms with Gasteiger partial charge in [-0.15, -0.1) is 0 Å². The first-order chi connectivity index (χ1) is 8.59. The van der Waals surface area contributed by atoms with Gasteiger partial charge in [-0.05, 0) is 25.5 Å². The van der Waals surface area contributed by atoms with Gasteiger partial charge >= 0.3 is 0 Å². The molecular formula is C14H23NO3. The van der Waals surface area contributed by atoms with Gasteiger partial charge in [-0.2, -0.15) is 0 Å². The zero-order valence-corrected chi connectivity index (χ0v) is 11.4. The molecule has 0 bridgehead atoms. The van der Waals surface area contributed by atoms with Crippen molar-refractivity contribution in [3.8, 4) is 11.5 Å². The van der Waals surface area contributed by atoms with Crippen molar-refractivity contribution in [2.75, 3.05) is 26.8 Å². The van der Waals surface area contributed by atoms with Gasteiger partial charge in [0, 0.05) is 13.1 Å². The Morgan fingerprint density at radius 3 is 2.56 bits per heavy atom. The second kappa shape index (κ2) is 7.24. The van der Waals surface area contributed by atoms with Crippen molar-refractivity contribution < 1.29 is 14.6 Å². The fraction of sp³-hybridized carbons (Fsp3) is 0.571. The molecule has 1 rings (SSSR count). The molecule has 0 heterocycles. The van der Waals surface area contributed by atoms with Crippen LogP contribution in [0.1, 0.15) is 20.3 Å². The summed E-state index contributed by atoms with van der Waals surface area (Å²) in [7, 11) is 1.62. The van der Waals surface area contributed by atoms with Gasteiger partial charge in [0.05, 0.1) is 12.7 Å². The fourth-order valence-electron chi connectivity index (χ4n) is 1.45. The predicted octanol–water partition coefficient (Wildman–Crippen LogP) is 1.82. The van der Waals surface area contributed by atoms with Crippen LogP contribution in [-0.2, 0) is 0 Å². The molecule has 0 spiro atoms. The molecule has 2 N–H and O–H groups in total. The lowest BCUT2D eigenvalue weighted by molar-refractivity contribution is 0.0551. The summed E-state index contributed by atoms with van der Waals surface area (Å²) in [6.45, 7) is 5.58. The topological polar surface area (TPSA) is 50.7 Å². The Bertz CT molecular complexity index is 353. The van der Waals surface area contributed by atoms with Crippen molar-refractivity contribution in [2.45, 2.75) is 25.9 Å². The van der Waals surface area contributed by atoms with E-state index in [1.165, 1.54) is 0 Å². The molecule has 0 aliphatic rings. The van der Waals surface area contributed by atoms with Crippen molar-refractivity contribution >= 4 is 0 Å². The van der Waals surface area contributed by atoms with E-state index in [0.717, 1.165) is 17.9 Å². The average Bonchev–Trinajstić information content (AvgIpc) is 2.38. The van der Waals surface area contributed by atoms with E-state index < -0.39 is 5.60 Å². The van der Waals surface area contributed by atoms with Crippen molar-refractivity contribution in [2.24, 2.45) is 0 Å². The molecule has 102 valence electrons. The monoisotopic (exact) mass is 253 g/mol. The molecule has 1 atom stereocenters. The summed E-state index contributed by atoms with van der Waals surface area (Å²) in [4.78, 5) is 0. The summed E-state index contributed by atoms with van der Waals surface area (Å²) in [5.41, 5.74) is -0.648. The predicted molar refractivity (Wildman–Crippen MR) is 72.3 cm³/mol. The van der Waals surface area contributed by atoms with E-state index in [1.807, 2.05) is 38.1 Å². The van der Waals surface area contributed by atoms with E-state index in [9.17, 15) is 5.11 Å². The van der Waals surface area contributed by atoms with Gasteiger partial charge in [0.25, 0.3) is 0 Å². The molecule has 18 heavy (non-hydrogen) atoms.